The highest BCUT2D eigenvalue weighted by Crippen LogP contribution is 2.26. The van der Waals surface area contributed by atoms with Crippen LogP contribution in [-0.4, -0.2) is 22.8 Å². The number of carbonyl (C=O) groups excluding carboxylic acids is 2. The van der Waals surface area contributed by atoms with Crippen molar-refractivity contribution in [3.8, 4) is 0 Å². The zero-order valence-electron chi connectivity index (χ0n) is 14.9. The summed E-state index contributed by atoms with van der Waals surface area (Å²) < 4.78 is 14.4. The molecule has 1 aromatic rings. The van der Waals surface area contributed by atoms with E-state index in [4.69, 9.17) is 29.4 Å². The Bertz CT molecular complexity index is 745. The number of rotatable bonds is 8. The molecule has 0 saturated heterocycles. The normalized spacial score (nSPS) is 12.6. The minimum absolute atomic E-state index is 0.0651. The predicted molar refractivity (Wildman–Crippen MR) is 105 cm³/mol. The minimum atomic E-state index is -0.957. The number of thiocarbonyl (C=S) groups is 1. The molecular formula is C17H24FN5O2S. The van der Waals surface area contributed by atoms with Gasteiger partial charge in [0.15, 0.2) is 0 Å². The summed E-state index contributed by atoms with van der Waals surface area (Å²) in [5, 5.41) is 5.61. The largest absolute Gasteiger partial charge is 0.402 e. The number of nitrogens with two attached hydrogens (primary N) is 3. The summed E-state index contributed by atoms with van der Waals surface area (Å²) >= 11 is 5.09. The first-order valence-electron chi connectivity index (χ1n) is 7.95. The van der Waals surface area contributed by atoms with Gasteiger partial charge in [-0.1, -0.05) is 26.1 Å². The molecule has 1 rings (SSSR count). The van der Waals surface area contributed by atoms with Gasteiger partial charge in [0.05, 0.1) is 11.3 Å². The Balaban J connectivity index is 3.27. The van der Waals surface area contributed by atoms with Crippen LogP contribution in [0.2, 0.25) is 0 Å². The molecule has 8 N–H and O–H groups in total. The van der Waals surface area contributed by atoms with E-state index in [0.717, 1.165) is 6.07 Å². The van der Waals surface area contributed by atoms with Gasteiger partial charge in [0.25, 0.3) is 5.91 Å². The second-order valence-electron chi connectivity index (χ2n) is 6.35. The van der Waals surface area contributed by atoms with Crippen LogP contribution in [0.4, 0.5) is 15.8 Å². The van der Waals surface area contributed by atoms with Crippen LogP contribution >= 0.6 is 12.2 Å². The molecule has 9 heteroatoms. The van der Waals surface area contributed by atoms with Crippen molar-refractivity contribution in [2.75, 3.05) is 10.6 Å². The van der Waals surface area contributed by atoms with Crippen molar-refractivity contribution in [3.05, 3.63) is 35.3 Å². The van der Waals surface area contributed by atoms with Gasteiger partial charge in [0.2, 0.25) is 5.91 Å². The molecule has 0 fully saturated rings. The molecule has 7 nitrogen and oxygen atoms in total. The first-order chi connectivity index (χ1) is 12.0. The lowest BCUT2D eigenvalue weighted by molar-refractivity contribution is -0.119. The van der Waals surface area contributed by atoms with E-state index in [-0.39, 0.29) is 27.8 Å². The van der Waals surface area contributed by atoms with Crippen LogP contribution in [0.15, 0.2) is 23.9 Å². The molecule has 0 saturated carbocycles. The van der Waals surface area contributed by atoms with E-state index in [1.54, 1.807) is 6.92 Å². The Labute approximate surface area is 157 Å². The van der Waals surface area contributed by atoms with Gasteiger partial charge in [-0.2, -0.15) is 0 Å². The minimum Gasteiger partial charge on any atom is -0.402 e. The molecule has 0 aromatic heterocycles. The Kier molecular flexibility index (Phi) is 7.51. The van der Waals surface area contributed by atoms with Crippen LogP contribution in [0.5, 0.6) is 0 Å². The molecule has 142 valence electrons. The van der Waals surface area contributed by atoms with Gasteiger partial charge < -0.3 is 27.8 Å². The Hall–Kier alpha value is -2.68. The number of hydrogen-bond donors (Lipinski definition) is 5. The number of anilines is 2. The van der Waals surface area contributed by atoms with E-state index in [2.05, 4.69) is 10.6 Å². The number of halogens is 1. The lowest BCUT2D eigenvalue weighted by atomic mass is 10.0. The van der Waals surface area contributed by atoms with E-state index in [0.29, 0.717) is 12.1 Å². The first kappa shape index (κ1) is 21.4. The number of nitrogens with one attached hydrogen (secondary N) is 2. The standard InChI is InChI=1S/C17H24FN5O2S/c1-8(2)4-13(16(20)24)22-10-6-11(18)15(17(21)25)12(7-10)23-14(26)5-9(3)19/h5-8,13,22H,4,19H2,1-3H3,(H2,20,24)(H2,21,25)(H,23,26)/t13-/m1/s1. The van der Waals surface area contributed by atoms with Gasteiger partial charge in [0, 0.05) is 11.4 Å². The summed E-state index contributed by atoms with van der Waals surface area (Å²) in [6, 6.07) is 1.82. The molecule has 0 aliphatic carbocycles. The summed E-state index contributed by atoms with van der Waals surface area (Å²) in [4.78, 5) is 23.4. The first-order valence-corrected chi connectivity index (χ1v) is 8.36. The molecule has 0 aliphatic rings. The van der Waals surface area contributed by atoms with Crippen LogP contribution < -0.4 is 27.8 Å². The van der Waals surface area contributed by atoms with Crippen molar-refractivity contribution in [2.24, 2.45) is 23.1 Å². The maximum absolute atomic E-state index is 14.4. The molecule has 0 unspecified atom stereocenters. The van der Waals surface area contributed by atoms with Crippen LogP contribution in [0.1, 0.15) is 37.6 Å². The highest BCUT2D eigenvalue weighted by Gasteiger charge is 2.21. The smallest absolute Gasteiger partial charge is 0.253 e. The van der Waals surface area contributed by atoms with E-state index in [1.807, 2.05) is 13.8 Å². The topological polar surface area (TPSA) is 136 Å². The quantitative estimate of drug-likeness (QED) is 0.344. The molecule has 26 heavy (non-hydrogen) atoms. The highest BCUT2D eigenvalue weighted by molar-refractivity contribution is 7.81. The number of amides is 2. The summed E-state index contributed by atoms with van der Waals surface area (Å²) in [6.07, 6.45) is 1.91. The zero-order valence-corrected chi connectivity index (χ0v) is 15.7. The lowest BCUT2D eigenvalue weighted by Crippen LogP contribution is -2.36. The molecule has 0 bridgehead atoms. The van der Waals surface area contributed by atoms with Crippen molar-refractivity contribution >= 4 is 40.4 Å². The van der Waals surface area contributed by atoms with Crippen LogP contribution in [0, 0.1) is 11.7 Å². The predicted octanol–water partition coefficient (Wildman–Crippen LogP) is 1.84. The molecule has 0 heterocycles. The van der Waals surface area contributed by atoms with Crippen molar-refractivity contribution in [2.45, 2.75) is 33.2 Å². The van der Waals surface area contributed by atoms with Crippen LogP contribution in [0.25, 0.3) is 0 Å². The van der Waals surface area contributed by atoms with E-state index in [1.165, 1.54) is 12.1 Å². The fourth-order valence-corrected chi connectivity index (χ4v) is 2.63. The second kappa shape index (κ2) is 9.14. The molecule has 0 radical (unpaired) electrons. The maximum atomic E-state index is 14.4. The van der Waals surface area contributed by atoms with Crippen molar-refractivity contribution in [3.63, 3.8) is 0 Å². The summed E-state index contributed by atoms with van der Waals surface area (Å²) in [5.41, 5.74) is 16.6. The van der Waals surface area contributed by atoms with Crippen LogP contribution in [-0.2, 0) is 4.79 Å². The Morgan fingerprint density at radius 3 is 2.35 bits per heavy atom. The van der Waals surface area contributed by atoms with Gasteiger partial charge in [-0.05, 0) is 37.5 Å². The third-order valence-corrected chi connectivity index (χ3v) is 3.56. The number of allylic oxidation sites excluding steroid dienone is 1. The Morgan fingerprint density at radius 2 is 1.88 bits per heavy atom. The van der Waals surface area contributed by atoms with Crippen LogP contribution in [0.3, 0.4) is 0 Å². The van der Waals surface area contributed by atoms with Gasteiger partial charge in [0.1, 0.15) is 16.8 Å². The summed E-state index contributed by atoms with van der Waals surface area (Å²) in [6.45, 7) is 5.49. The average Bonchev–Trinajstić information content (AvgIpc) is 2.43. The van der Waals surface area contributed by atoms with E-state index < -0.39 is 23.7 Å². The Morgan fingerprint density at radius 1 is 1.27 bits per heavy atom. The monoisotopic (exact) mass is 381 g/mol. The van der Waals surface area contributed by atoms with E-state index in [9.17, 15) is 14.0 Å². The molecular weight excluding hydrogens is 357 g/mol. The fraction of sp³-hybridized carbons (Fsp3) is 0.353. The van der Waals surface area contributed by atoms with Gasteiger partial charge in [-0.15, -0.1) is 0 Å². The SMILES string of the molecule is CC(N)=CC(=S)Nc1cc(N[C@H](CC(C)C)C(N)=O)cc(F)c1C(N)=O. The van der Waals surface area contributed by atoms with Crippen molar-refractivity contribution in [1.29, 1.82) is 0 Å². The number of primary amides is 2. The summed E-state index contributed by atoms with van der Waals surface area (Å²) in [7, 11) is 0. The second-order valence-corrected chi connectivity index (χ2v) is 6.79. The molecule has 1 atom stereocenters. The van der Waals surface area contributed by atoms with Gasteiger partial charge >= 0.3 is 0 Å². The molecule has 0 spiro atoms. The van der Waals surface area contributed by atoms with Gasteiger partial charge in [-0.25, -0.2) is 4.39 Å². The van der Waals surface area contributed by atoms with Gasteiger partial charge in [-0.3, -0.25) is 9.59 Å². The third kappa shape index (κ3) is 6.32. The van der Waals surface area contributed by atoms with Crippen molar-refractivity contribution in [1.82, 2.24) is 0 Å². The number of benzene rings is 1. The lowest BCUT2D eigenvalue weighted by Gasteiger charge is -2.20. The van der Waals surface area contributed by atoms with E-state index >= 15 is 0 Å². The molecule has 0 aliphatic heterocycles. The van der Waals surface area contributed by atoms with Crippen molar-refractivity contribution < 1.29 is 14.0 Å². The zero-order chi connectivity index (χ0) is 20.0. The molecule has 2 amide bonds. The highest BCUT2D eigenvalue weighted by atomic mass is 32.1. The molecule has 1 aromatic carbocycles. The average molecular weight is 381 g/mol. The third-order valence-electron chi connectivity index (χ3n) is 3.34. The summed E-state index contributed by atoms with van der Waals surface area (Å²) in [5.74, 6) is -2.18. The fourth-order valence-electron chi connectivity index (χ4n) is 2.33. The maximum Gasteiger partial charge on any atom is 0.253 e. The number of hydrogen-bond acceptors (Lipinski definition) is 5. The number of carbonyl (C=O) groups is 2.